The van der Waals surface area contributed by atoms with E-state index >= 15 is 0 Å². The van der Waals surface area contributed by atoms with Crippen LogP contribution in [0.3, 0.4) is 0 Å². The van der Waals surface area contributed by atoms with Gasteiger partial charge in [-0.25, -0.2) is 0 Å². The van der Waals surface area contributed by atoms with Crippen LogP contribution in [0.25, 0.3) is 0 Å². The molecule has 2 N–H and O–H groups in total. The molecule has 0 saturated carbocycles. The summed E-state index contributed by atoms with van der Waals surface area (Å²) >= 11 is 0. The van der Waals surface area contributed by atoms with Crippen LogP contribution in [0, 0.1) is 0 Å². The van der Waals surface area contributed by atoms with Gasteiger partial charge in [0.2, 0.25) is 0 Å². The Bertz CT molecular complexity index is 612. The molecule has 2 aromatic carbocycles. The summed E-state index contributed by atoms with van der Waals surface area (Å²) in [6, 6.07) is 11.2. The van der Waals surface area contributed by atoms with E-state index in [4.69, 9.17) is 0 Å². The normalized spacial score (nSPS) is 16.0. The molecule has 96 valence electrons. The standard InChI is InChI=1S/C15H14N2O2/c18-12-5-1-3-10-7-16-9-17(14(10)12)8-11-4-2-6-13(19)15(11)16/h1-6,18-19H,7-9H2. The number of phenolic OH excluding ortho intramolecular Hbond substituents is 2. The fourth-order valence-electron chi connectivity index (χ4n) is 3.16. The van der Waals surface area contributed by atoms with E-state index in [1.54, 1.807) is 12.1 Å². The topological polar surface area (TPSA) is 46.9 Å². The number of anilines is 2. The van der Waals surface area contributed by atoms with Crippen LogP contribution in [0.4, 0.5) is 11.4 Å². The second-order valence-corrected chi connectivity index (χ2v) is 5.11. The first-order valence-electron chi connectivity index (χ1n) is 6.35. The van der Waals surface area contributed by atoms with E-state index < -0.39 is 0 Å². The summed E-state index contributed by atoms with van der Waals surface area (Å²) in [4.78, 5) is 4.30. The van der Waals surface area contributed by atoms with Gasteiger partial charge in [0.25, 0.3) is 0 Å². The lowest BCUT2D eigenvalue weighted by molar-refractivity contribution is 0.461. The van der Waals surface area contributed by atoms with Gasteiger partial charge in [-0.15, -0.1) is 0 Å². The maximum atomic E-state index is 10.1. The van der Waals surface area contributed by atoms with Crippen molar-refractivity contribution in [1.82, 2.24) is 0 Å². The van der Waals surface area contributed by atoms with Crippen molar-refractivity contribution < 1.29 is 10.2 Å². The zero-order valence-corrected chi connectivity index (χ0v) is 10.4. The number of aromatic hydroxyl groups is 2. The Kier molecular flexibility index (Phi) is 1.98. The minimum absolute atomic E-state index is 0.334. The molecule has 4 heteroatoms. The minimum atomic E-state index is 0.334. The molecule has 0 saturated heterocycles. The Morgan fingerprint density at radius 2 is 1.21 bits per heavy atom. The fourth-order valence-corrected chi connectivity index (χ4v) is 3.16. The van der Waals surface area contributed by atoms with E-state index in [-0.39, 0.29) is 0 Å². The largest absolute Gasteiger partial charge is 0.506 e. The van der Waals surface area contributed by atoms with Crippen molar-refractivity contribution in [2.45, 2.75) is 13.1 Å². The van der Waals surface area contributed by atoms with Gasteiger partial charge >= 0.3 is 0 Å². The third kappa shape index (κ3) is 1.40. The third-order valence-corrected chi connectivity index (χ3v) is 3.89. The molecule has 2 aliphatic heterocycles. The summed E-state index contributed by atoms with van der Waals surface area (Å²) in [7, 11) is 0. The molecular weight excluding hydrogens is 240 g/mol. The van der Waals surface area contributed by atoms with Gasteiger partial charge in [-0.3, -0.25) is 0 Å². The van der Waals surface area contributed by atoms with E-state index in [0.717, 1.165) is 22.5 Å². The Hall–Kier alpha value is -2.36. The van der Waals surface area contributed by atoms with E-state index in [1.807, 2.05) is 24.3 Å². The molecule has 0 amide bonds. The zero-order valence-electron chi connectivity index (χ0n) is 10.4. The highest BCUT2D eigenvalue weighted by Crippen LogP contribution is 2.44. The van der Waals surface area contributed by atoms with Crippen LogP contribution in [-0.2, 0) is 13.1 Å². The van der Waals surface area contributed by atoms with Gasteiger partial charge in [-0.1, -0.05) is 24.3 Å². The van der Waals surface area contributed by atoms with Gasteiger partial charge in [0.1, 0.15) is 11.5 Å². The molecule has 19 heavy (non-hydrogen) atoms. The molecule has 0 unspecified atom stereocenters. The quantitative estimate of drug-likeness (QED) is 0.758. The maximum Gasteiger partial charge on any atom is 0.139 e. The van der Waals surface area contributed by atoms with E-state index in [9.17, 15) is 10.2 Å². The lowest BCUT2D eigenvalue weighted by atomic mass is 10.0. The molecule has 0 atom stereocenters. The van der Waals surface area contributed by atoms with Crippen LogP contribution in [0.5, 0.6) is 11.5 Å². The van der Waals surface area contributed by atoms with Crippen LogP contribution < -0.4 is 9.80 Å². The smallest absolute Gasteiger partial charge is 0.139 e. The molecule has 4 rings (SSSR count). The van der Waals surface area contributed by atoms with Crippen molar-refractivity contribution in [3.8, 4) is 11.5 Å². The van der Waals surface area contributed by atoms with E-state index in [2.05, 4.69) is 9.80 Å². The van der Waals surface area contributed by atoms with Gasteiger partial charge in [0, 0.05) is 13.1 Å². The molecule has 0 aromatic heterocycles. The molecular formula is C15H14N2O2. The summed E-state index contributed by atoms with van der Waals surface area (Å²) in [5.74, 6) is 0.668. The van der Waals surface area contributed by atoms with Crippen molar-refractivity contribution in [2.75, 3.05) is 16.5 Å². The molecule has 0 spiro atoms. The molecule has 2 aromatic rings. The number of fused-ring (bicyclic) bond motifs is 6. The van der Waals surface area contributed by atoms with Crippen LogP contribution in [0.2, 0.25) is 0 Å². The van der Waals surface area contributed by atoms with Gasteiger partial charge in [0.05, 0.1) is 18.0 Å². The average molecular weight is 254 g/mol. The second-order valence-electron chi connectivity index (χ2n) is 5.11. The number of phenols is 2. The predicted octanol–water partition coefficient (Wildman–Crippen LogP) is 2.40. The van der Waals surface area contributed by atoms with Crippen LogP contribution in [0.1, 0.15) is 11.1 Å². The van der Waals surface area contributed by atoms with Crippen molar-refractivity contribution in [2.24, 2.45) is 0 Å². The van der Waals surface area contributed by atoms with E-state index in [0.29, 0.717) is 31.3 Å². The van der Waals surface area contributed by atoms with Crippen molar-refractivity contribution in [1.29, 1.82) is 0 Å². The van der Waals surface area contributed by atoms with Crippen molar-refractivity contribution >= 4 is 11.4 Å². The molecule has 2 heterocycles. The summed E-state index contributed by atoms with van der Waals surface area (Å²) < 4.78 is 0. The number of nitrogens with zero attached hydrogens (tertiary/aromatic N) is 2. The number of hydrogen-bond acceptors (Lipinski definition) is 4. The van der Waals surface area contributed by atoms with Crippen molar-refractivity contribution in [3.63, 3.8) is 0 Å². The summed E-state index contributed by atoms with van der Waals surface area (Å²) in [5.41, 5.74) is 4.04. The molecule has 2 aliphatic rings. The number of hydrogen-bond donors (Lipinski definition) is 2. The average Bonchev–Trinajstić information content (AvgIpc) is 2.38. The first-order valence-corrected chi connectivity index (χ1v) is 6.35. The SMILES string of the molecule is Oc1cccc2c1N1Cc3cccc(O)c3N(C2)C1. The number of para-hydroxylation sites is 2. The Morgan fingerprint density at radius 1 is 0.737 bits per heavy atom. The maximum absolute atomic E-state index is 10.1. The van der Waals surface area contributed by atoms with Gasteiger partial charge < -0.3 is 20.0 Å². The first kappa shape index (κ1) is 10.6. The number of rotatable bonds is 0. The monoisotopic (exact) mass is 254 g/mol. The third-order valence-electron chi connectivity index (χ3n) is 3.89. The highest BCUT2D eigenvalue weighted by molar-refractivity contribution is 5.74. The molecule has 0 aliphatic carbocycles. The molecule has 0 radical (unpaired) electrons. The van der Waals surface area contributed by atoms with Crippen LogP contribution in [0.15, 0.2) is 36.4 Å². The van der Waals surface area contributed by atoms with Gasteiger partial charge in [0.15, 0.2) is 0 Å². The number of benzene rings is 2. The highest BCUT2D eigenvalue weighted by atomic mass is 16.3. The summed E-state index contributed by atoms with van der Waals surface area (Å²) in [6.45, 7) is 2.13. The first-order chi connectivity index (χ1) is 9.24. The lowest BCUT2D eigenvalue weighted by Gasteiger charge is -2.44. The van der Waals surface area contributed by atoms with Crippen LogP contribution >= 0.6 is 0 Å². The summed E-state index contributed by atoms with van der Waals surface area (Å²) in [5, 5.41) is 20.1. The Labute approximate surface area is 111 Å². The van der Waals surface area contributed by atoms with Gasteiger partial charge in [-0.2, -0.15) is 0 Å². The molecule has 4 nitrogen and oxygen atoms in total. The second kappa shape index (κ2) is 3.57. The zero-order chi connectivity index (χ0) is 13.0. The van der Waals surface area contributed by atoms with Crippen molar-refractivity contribution in [3.05, 3.63) is 47.5 Å². The molecule has 2 bridgehead atoms. The highest BCUT2D eigenvalue weighted by Gasteiger charge is 2.32. The van der Waals surface area contributed by atoms with Gasteiger partial charge in [-0.05, 0) is 23.3 Å². The lowest BCUT2D eigenvalue weighted by Crippen LogP contribution is -2.46. The summed E-state index contributed by atoms with van der Waals surface area (Å²) in [6.07, 6.45) is 0. The fraction of sp³-hybridized carbons (Fsp3) is 0.200. The Morgan fingerprint density at radius 3 is 1.68 bits per heavy atom. The predicted molar refractivity (Wildman–Crippen MR) is 73.4 cm³/mol. The van der Waals surface area contributed by atoms with Crippen LogP contribution in [-0.4, -0.2) is 16.9 Å². The minimum Gasteiger partial charge on any atom is -0.506 e. The molecule has 0 fully saturated rings. The Balaban J connectivity index is 1.89. The van der Waals surface area contributed by atoms with E-state index in [1.165, 1.54) is 0 Å².